The van der Waals surface area contributed by atoms with E-state index in [9.17, 15) is 14.9 Å². The second-order valence-corrected chi connectivity index (χ2v) is 7.72. The van der Waals surface area contributed by atoms with E-state index in [1.54, 1.807) is 18.2 Å². The number of pyridine rings is 1. The Morgan fingerprint density at radius 2 is 1.90 bits per heavy atom. The summed E-state index contributed by atoms with van der Waals surface area (Å²) >= 11 is 0. The van der Waals surface area contributed by atoms with Gasteiger partial charge >= 0.3 is 0 Å². The van der Waals surface area contributed by atoms with Gasteiger partial charge in [-0.1, -0.05) is 44.9 Å². The van der Waals surface area contributed by atoms with Gasteiger partial charge in [0.2, 0.25) is 5.91 Å². The lowest BCUT2D eigenvalue weighted by molar-refractivity contribution is -0.385. The van der Waals surface area contributed by atoms with E-state index in [1.165, 1.54) is 6.07 Å². The molecule has 2 heterocycles. The molecule has 0 atom stereocenters. The Morgan fingerprint density at radius 3 is 2.61 bits per heavy atom. The molecule has 0 saturated heterocycles. The highest BCUT2D eigenvalue weighted by Gasteiger charge is 2.19. The Labute approximate surface area is 181 Å². The molecule has 0 radical (unpaired) electrons. The molecule has 164 valence electrons. The number of unbranched alkanes of at least 4 members (excludes halogenated alkanes) is 2. The average molecular weight is 424 g/mol. The molecule has 0 aliphatic heterocycles. The van der Waals surface area contributed by atoms with Crippen molar-refractivity contribution in [2.45, 2.75) is 65.8 Å². The fraction of sp³-hybridized carbons (Fsp3) is 0.435. The van der Waals surface area contributed by atoms with Crippen LogP contribution in [0.2, 0.25) is 0 Å². The number of imidazole rings is 1. The first kappa shape index (κ1) is 22.4. The number of carbonyl (C=O) groups excluding carboxylic acids is 1. The maximum absolute atomic E-state index is 12.2. The highest BCUT2D eigenvalue weighted by Crippen LogP contribution is 2.26. The highest BCUT2D eigenvalue weighted by atomic mass is 16.6. The highest BCUT2D eigenvalue weighted by molar-refractivity contribution is 5.93. The van der Waals surface area contributed by atoms with Crippen LogP contribution in [0.3, 0.4) is 0 Å². The van der Waals surface area contributed by atoms with Crippen LogP contribution in [-0.4, -0.2) is 25.4 Å². The van der Waals surface area contributed by atoms with Gasteiger partial charge in [-0.2, -0.15) is 0 Å². The molecule has 0 unspecified atom stereocenters. The predicted octanol–water partition coefficient (Wildman–Crippen LogP) is 5.17. The number of amides is 1. The number of benzene rings is 1. The first-order valence-corrected chi connectivity index (χ1v) is 10.8. The SMILES string of the molecule is CCCCC(=O)Nc1cc2nc(CCCC)n(Cc3ccccc3[N+](=O)[O-])c2nc1C. The van der Waals surface area contributed by atoms with Crippen molar-refractivity contribution in [3.8, 4) is 0 Å². The number of para-hydroxylation sites is 1. The zero-order valence-electron chi connectivity index (χ0n) is 18.4. The average Bonchev–Trinajstić information content (AvgIpc) is 3.07. The minimum absolute atomic E-state index is 0.0309. The quantitative estimate of drug-likeness (QED) is 0.358. The number of hydrogen-bond donors (Lipinski definition) is 1. The molecule has 0 aliphatic rings. The maximum Gasteiger partial charge on any atom is 0.274 e. The Hall–Kier alpha value is -3.29. The third kappa shape index (κ3) is 5.25. The molecule has 0 saturated carbocycles. The maximum atomic E-state index is 12.2. The molecule has 2 aromatic heterocycles. The van der Waals surface area contributed by atoms with Gasteiger partial charge in [-0.15, -0.1) is 0 Å². The standard InChI is InChI=1S/C23H29N5O3/c1-4-6-12-21-25-19-14-18(26-22(29)13-7-5-2)16(3)24-23(19)27(21)15-17-10-8-9-11-20(17)28(30)31/h8-11,14H,4-7,12-13,15H2,1-3H3,(H,26,29). The summed E-state index contributed by atoms with van der Waals surface area (Å²) in [7, 11) is 0. The topological polar surface area (TPSA) is 103 Å². The Bertz CT molecular complexity index is 1090. The van der Waals surface area contributed by atoms with Gasteiger partial charge in [0.25, 0.3) is 5.69 Å². The zero-order chi connectivity index (χ0) is 22.4. The summed E-state index contributed by atoms with van der Waals surface area (Å²) in [4.78, 5) is 32.8. The van der Waals surface area contributed by atoms with E-state index in [0.29, 0.717) is 41.1 Å². The Kier molecular flexibility index (Phi) is 7.33. The number of hydrogen-bond acceptors (Lipinski definition) is 5. The number of carbonyl (C=O) groups is 1. The van der Waals surface area contributed by atoms with Crippen LogP contribution < -0.4 is 5.32 Å². The third-order valence-electron chi connectivity index (χ3n) is 5.29. The van der Waals surface area contributed by atoms with Crippen molar-refractivity contribution in [3.05, 3.63) is 57.5 Å². The second kappa shape index (κ2) is 10.1. The molecule has 8 nitrogen and oxygen atoms in total. The molecule has 8 heteroatoms. The Balaban J connectivity index is 2.02. The fourth-order valence-corrected chi connectivity index (χ4v) is 3.55. The smallest absolute Gasteiger partial charge is 0.274 e. The molecule has 1 aromatic carbocycles. The fourth-order valence-electron chi connectivity index (χ4n) is 3.55. The van der Waals surface area contributed by atoms with Crippen molar-refractivity contribution >= 4 is 28.4 Å². The summed E-state index contributed by atoms with van der Waals surface area (Å²) in [6.07, 6.45) is 5.00. The first-order valence-electron chi connectivity index (χ1n) is 10.8. The zero-order valence-corrected chi connectivity index (χ0v) is 18.4. The number of aryl methyl sites for hydroxylation is 2. The lowest BCUT2D eigenvalue weighted by Crippen LogP contribution is -2.13. The summed E-state index contributed by atoms with van der Waals surface area (Å²) in [5, 5.41) is 14.4. The summed E-state index contributed by atoms with van der Waals surface area (Å²) in [6, 6.07) is 8.61. The van der Waals surface area contributed by atoms with Gasteiger partial charge in [0.1, 0.15) is 11.3 Å². The minimum Gasteiger partial charge on any atom is -0.324 e. The number of anilines is 1. The molecule has 3 rings (SSSR count). The number of rotatable bonds is 10. The van der Waals surface area contributed by atoms with E-state index < -0.39 is 0 Å². The third-order valence-corrected chi connectivity index (χ3v) is 5.29. The molecule has 1 N–H and O–H groups in total. The summed E-state index contributed by atoms with van der Waals surface area (Å²) < 4.78 is 1.96. The van der Waals surface area contributed by atoms with Crippen molar-refractivity contribution in [1.82, 2.24) is 14.5 Å². The van der Waals surface area contributed by atoms with E-state index in [1.807, 2.05) is 24.5 Å². The number of nitrogens with zero attached hydrogens (tertiary/aromatic N) is 4. The van der Waals surface area contributed by atoms with Crippen LogP contribution >= 0.6 is 0 Å². The molecule has 0 fully saturated rings. The van der Waals surface area contributed by atoms with Crippen molar-refractivity contribution in [3.63, 3.8) is 0 Å². The molecule has 0 bridgehead atoms. The number of aromatic nitrogens is 3. The summed E-state index contributed by atoms with van der Waals surface area (Å²) in [5.74, 6) is 0.813. The van der Waals surface area contributed by atoms with Gasteiger partial charge in [-0.3, -0.25) is 14.9 Å². The molecular weight excluding hydrogens is 394 g/mol. The van der Waals surface area contributed by atoms with Crippen LogP contribution in [0.25, 0.3) is 11.2 Å². The normalized spacial score (nSPS) is 11.1. The van der Waals surface area contributed by atoms with Crippen LogP contribution in [0.15, 0.2) is 30.3 Å². The monoisotopic (exact) mass is 423 g/mol. The lowest BCUT2D eigenvalue weighted by atomic mass is 10.1. The molecule has 0 aliphatic carbocycles. The van der Waals surface area contributed by atoms with Crippen LogP contribution in [-0.2, 0) is 17.8 Å². The van der Waals surface area contributed by atoms with Gasteiger partial charge in [0.15, 0.2) is 5.65 Å². The van der Waals surface area contributed by atoms with Crippen molar-refractivity contribution in [2.24, 2.45) is 0 Å². The van der Waals surface area contributed by atoms with E-state index in [4.69, 9.17) is 9.97 Å². The second-order valence-electron chi connectivity index (χ2n) is 7.72. The minimum atomic E-state index is -0.358. The van der Waals surface area contributed by atoms with Crippen molar-refractivity contribution < 1.29 is 9.72 Å². The molecule has 0 spiro atoms. The number of nitro groups is 1. The largest absolute Gasteiger partial charge is 0.324 e. The molecule has 3 aromatic rings. The molecule has 31 heavy (non-hydrogen) atoms. The van der Waals surface area contributed by atoms with Crippen molar-refractivity contribution in [1.29, 1.82) is 0 Å². The van der Waals surface area contributed by atoms with E-state index >= 15 is 0 Å². The number of nitro benzene ring substituents is 1. The van der Waals surface area contributed by atoms with Gasteiger partial charge in [0.05, 0.1) is 22.8 Å². The lowest BCUT2D eigenvalue weighted by Gasteiger charge is -2.11. The number of fused-ring (bicyclic) bond motifs is 1. The van der Waals surface area contributed by atoms with E-state index in [-0.39, 0.29) is 16.5 Å². The van der Waals surface area contributed by atoms with Crippen molar-refractivity contribution in [2.75, 3.05) is 5.32 Å². The molecule has 1 amide bonds. The van der Waals surface area contributed by atoms with Gasteiger partial charge < -0.3 is 9.88 Å². The summed E-state index contributed by atoms with van der Waals surface area (Å²) in [5.41, 5.74) is 3.41. The van der Waals surface area contributed by atoms with Crippen LogP contribution in [0.4, 0.5) is 11.4 Å². The Morgan fingerprint density at radius 1 is 1.16 bits per heavy atom. The van der Waals surface area contributed by atoms with Gasteiger partial charge in [0, 0.05) is 24.5 Å². The van der Waals surface area contributed by atoms with Crippen LogP contribution in [0.1, 0.15) is 63.0 Å². The van der Waals surface area contributed by atoms with Gasteiger partial charge in [-0.05, 0) is 25.8 Å². The predicted molar refractivity (Wildman–Crippen MR) is 121 cm³/mol. The first-order chi connectivity index (χ1) is 14.9. The van der Waals surface area contributed by atoms with E-state index in [0.717, 1.165) is 37.9 Å². The number of nitrogens with one attached hydrogen (secondary N) is 1. The summed E-state index contributed by atoms with van der Waals surface area (Å²) in [6.45, 7) is 6.33. The van der Waals surface area contributed by atoms with Crippen LogP contribution in [0.5, 0.6) is 0 Å². The van der Waals surface area contributed by atoms with Crippen LogP contribution in [0, 0.1) is 17.0 Å². The van der Waals surface area contributed by atoms with Gasteiger partial charge in [-0.25, -0.2) is 9.97 Å². The van der Waals surface area contributed by atoms with E-state index in [2.05, 4.69) is 12.2 Å². The molecular formula is C23H29N5O3.